The molecule has 14 heavy (non-hydrogen) atoms. The van der Waals surface area contributed by atoms with E-state index in [4.69, 9.17) is 16.3 Å². The minimum absolute atomic E-state index is 0.298. The first kappa shape index (κ1) is 11.1. The van der Waals surface area contributed by atoms with Crippen molar-refractivity contribution in [1.29, 1.82) is 0 Å². The summed E-state index contributed by atoms with van der Waals surface area (Å²) < 4.78 is 5.04. The van der Waals surface area contributed by atoms with Gasteiger partial charge < -0.3 is 4.74 Å². The fourth-order valence-electron chi connectivity index (χ4n) is 1.30. The number of hydrogen-bond acceptors (Lipinski definition) is 2. The Hall–Kier alpha value is -1.02. The molecule has 0 amide bonds. The van der Waals surface area contributed by atoms with E-state index < -0.39 is 0 Å². The second-order valence-electron chi connectivity index (χ2n) is 3.39. The maximum atomic E-state index is 10.7. The van der Waals surface area contributed by atoms with Crippen LogP contribution in [0, 0.1) is 0 Å². The Morgan fingerprint density at radius 1 is 1.43 bits per heavy atom. The zero-order chi connectivity index (χ0) is 10.7. The number of methoxy groups -OCH3 is 1. The van der Waals surface area contributed by atoms with Gasteiger partial charge in [-0.3, -0.25) is 4.79 Å². The van der Waals surface area contributed by atoms with Crippen LogP contribution >= 0.6 is 11.6 Å². The zero-order valence-corrected chi connectivity index (χ0v) is 9.26. The van der Waals surface area contributed by atoms with Crippen LogP contribution in [0.2, 0.25) is 5.02 Å². The Labute approximate surface area is 88.8 Å². The molecule has 0 saturated heterocycles. The van der Waals surface area contributed by atoms with Gasteiger partial charge >= 0.3 is 0 Å². The molecule has 0 aromatic heterocycles. The van der Waals surface area contributed by atoms with Crippen molar-refractivity contribution in [3.05, 3.63) is 28.3 Å². The molecule has 2 nitrogen and oxygen atoms in total. The monoisotopic (exact) mass is 212 g/mol. The van der Waals surface area contributed by atoms with Gasteiger partial charge in [-0.15, -0.1) is 0 Å². The number of hydrogen-bond donors (Lipinski definition) is 0. The number of rotatable bonds is 3. The van der Waals surface area contributed by atoms with Gasteiger partial charge in [0.15, 0.2) is 6.29 Å². The molecule has 0 fully saturated rings. The highest BCUT2D eigenvalue weighted by Crippen LogP contribution is 2.30. The highest BCUT2D eigenvalue weighted by atomic mass is 35.5. The van der Waals surface area contributed by atoms with Gasteiger partial charge in [-0.25, -0.2) is 0 Å². The topological polar surface area (TPSA) is 26.3 Å². The highest BCUT2D eigenvalue weighted by Gasteiger charge is 2.10. The van der Waals surface area contributed by atoms with E-state index in [-0.39, 0.29) is 0 Å². The van der Waals surface area contributed by atoms with Crippen LogP contribution in [0.3, 0.4) is 0 Å². The second kappa shape index (κ2) is 4.47. The van der Waals surface area contributed by atoms with E-state index in [0.717, 1.165) is 11.8 Å². The number of ether oxygens (including phenoxy) is 1. The minimum Gasteiger partial charge on any atom is -0.496 e. The largest absolute Gasteiger partial charge is 0.496 e. The average Bonchev–Trinajstić information content (AvgIpc) is 2.16. The van der Waals surface area contributed by atoms with Gasteiger partial charge in [-0.05, 0) is 23.6 Å². The van der Waals surface area contributed by atoms with Crippen molar-refractivity contribution in [1.82, 2.24) is 0 Å². The fraction of sp³-hybridized carbons (Fsp3) is 0.364. The number of benzene rings is 1. The van der Waals surface area contributed by atoms with Crippen LogP contribution in [0.15, 0.2) is 12.1 Å². The number of aldehydes is 1. The average molecular weight is 213 g/mol. The summed E-state index contributed by atoms with van der Waals surface area (Å²) in [5.41, 5.74) is 1.51. The van der Waals surface area contributed by atoms with E-state index in [1.165, 1.54) is 7.11 Å². The lowest BCUT2D eigenvalue weighted by Crippen LogP contribution is -1.96. The van der Waals surface area contributed by atoms with Gasteiger partial charge in [-0.2, -0.15) is 0 Å². The van der Waals surface area contributed by atoms with E-state index in [0.29, 0.717) is 22.3 Å². The summed E-state index contributed by atoms with van der Waals surface area (Å²) in [6, 6.07) is 3.46. The van der Waals surface area contributed by atoms with E-state index >= 15 is 0 Å². The molecule has 0 spiro atoms. The summed E-state index contributed by atoms with van der Waals surface area (Å²) in [6.07, 6.45) is 0.779. The Bertz CT molecular complexity index is 345. The molecule has 0 atom stereocenters. The number of halogens is 1. The molecule has 76 valence electrons. The van der Waals surface area contributed by atoms with Gasteiger partial charge in [0.25, 0.3) is 0 Å². The lowest BCUT2D eigenvalue weighted by atomic mass is 10.0. The van der Waals surface area contributed by atoms with Gasteiger partial charge in [-0.1, -0.05) is 25.4 Å². The molecule has 0 saturated carbocycles. The highest BCUT2D eigenvalue weighted by molar-refractivity contribution is 6.31. The Balaban J connectivity index is 3.30. The Kier molecular flexibility index (Phi) is 3.53. The molecule has 1 aromatic rings. The molecular weight excluding hydrogens is 200 g/mol. The molecular formula is C11H13ClO2. The van der Waals surface area contributed by atoms with Gasteiger partial charge in [0.05, 0.1) is 12.7 Å². The van der Waals surface area contributed by atoms with Crippen molar-refractivity contribution in [3.8, 4) is 5.75 Å². The van der Waals surface area contributed by atoms with E-state index in [1.807, 2.05) is 13.8 Å². The Morgan fingerprint density at radius 2 is 2.07 bits per heavy atom. The molecule has 1 rings (SSSR count). The molecule has 1 aromatic carbocycles. The first-order chi connectivity index (χ1) is 6.60. The second-order valence-corrected chi connectivity index (χ2v) is 3.80. The fourth-order valence-corrected chi connectivity index (χ4v) is 1.67. The van der Waals surface area contributed by atoms with Gasteiger partial charge in [0.1, 0.15) is 5.75 Å². The molecule has 0 radical (unpaired) electrons. The maximum absolute atomic E-state index is 10.7. The summed E-state index contributed by atoms with van der Waals surface area (Å²) in [5, 5.41) is 0.641. The van der Waals surface area contributed by atoms with Crippen LogP contribution in [0.1, 0.15) is 35.7 Å². The normalized spacial score (nSPS) is 10.4. The minimum atomic E-state index is 0.298. The Morgan fingerprint density at radius 3 is 2.50 bits per heavy atom. The first-order valence-electron chi connectivity index (χ1n) is 4.42. The quantitative estimate of drug-likeness (QED) is 0.719. The van der Waals surface area contributed by atoms with E-state index in [9.17, 15) is 4.79 Å². The first-order valence-corrected chi connectivity index (χ1v) is 4.80. The summed E-state index contributed by atoms with van der Waals surface area (Å²) in [6.45, 7) is 4.06. The summed E-state index contributed by atoms with van der Waals surface area (Å²) in [7, 11) is 1.52. The van der Waals surface area contributed by atoms with Crippen LogP contribution in [-0.4, -0.2) is 13.4 Å². The maximum Gasteiger partial charge on any atom is 0.153 e. The van der Waals surface area contributed by atoms with Crippen molar-refractivity contribution < 1.29 is 9.53 Å². The van der Waals surface area contributed by atoms with E-state index in [2.05, 4.69) is 0 Å². The van der Waals surface area contributed by atoms with Crippen LogP contribution in [0.25, 0.3) is 0 Å². The SMILES string of the molecule is COc1cc(Cl)c(C(C)C)cc1C=O. The van der Waals surface area contributed by atoms with Crippen LogP contribution in [0.4, 0.5) is 0 Å². The van der Waals surface area contributed by atoms with Crippen molar-refractivity contribution in [2.45, 2.75) is 19.8 Å². The molecule has 0 bridgehead atoms. The third-order valence-corrected chi connectivity index (χ3v) is 2.43. The lowest BCUT2D eigenvalue weighted by molar-refractivity contribution is 0.112. The molecule has 0 unspecified atom stereocenters. The van der Waals surface area contributed by atoms with Gasteiger partial charge in [0.2, 0.25) is 0 Å². The van der Waals surface area contributed by atoms with Crippen molar-refractivity contribution >= 4 is 17.9 Å². The predicted molar refractivity (Wildman–Crippen MR) is 57.5 cm³/mol. The van der Waals surface area contributed by atoms with Crippen molar-refractivity contribution in [3.63, 3.8) is 0 Å². The molecule has 0 aliphatic rings. The summed E-state index contributed by atoms with van der Waals surface area (Å²) >= 11 is 6.04. The lowest BCUT2D eigenvalue weighted by Gasteiger charge is -2.11. The summed E-state index contributed by atoms with van der Waals surface area (Å²) in [4.78, 5) is 10.7. The van der Waals surface area contributed by atoms with Crippen LogP contribution in [-0.2, 0) is 0 Å². The van der Waals surface area contributed by atoms with Gasteiger partial charge in [0, 0.05) is 5.02 Å². The molecule has 0 heterocycles. The predicted octanol–water partition coefficient (Wildman–Crippen LogP) is 3.28. The third-order valence-electron chi connectivity index (χ3n) is 2.10. The zero-order valence-electron chi connectivity index (χ0n) is 8.50. The molecule has 3 heteroatoms. The van der Waals surface area contributed by atoms with Crippen molar-refractivity contribution in [2.24, 2.45) is 0 Å². The van der Waals surface area contributed by atoms with Crippen LogP contribution in [0.5, 0.6) is 5.75 Å². The third kappa shape index (κ3) is 2.07. The van der Waals surface area contributed by atoms with E-state index in [1.54, 1.807) is 12.1 Å². The number of carbonyl (C=O) groups excluding carboxylic acids is 1. The van der Waals surface area contributed by atoms with Crippen LogP contribution < -0.4 is 4.74 Å². The standard InChI is InChI=1S/C11H13ClO2/c1-7(2)9-4-8(6-13)11(14-3)5-10(9)12/h4-7H,1-3H3. The van der Waals surface area contributed by atoms with Crippen molar-refractivity contribution in [2.75, 3.05) is 7.11 Å². The smallest absolute Gasteiger partial charge is 0.153 e. The molecule has 0 N–H and O–H groups in total. The molecule has 0 aliphatic carbocycles. The number of carbonyl (C=O) groups is 1. The molecule has 0 aliphatic heterocycles. The summed E-state index contributed by atoms with van der Waals surface area (Å²) in [5.74, 6) is 0.821.